The first-order chi connectivity index (χ1) is 10.9. The third-order valence-electron chi connectivity index (χ3n) is 3.59. The Morgan fingerprint density at radius 1 is 1.00 bits per heavy atom. The minimum absolute atomic E-state index is 0.323. The van der Waals surface area contributed by atoms with Crippen molar-refractivity contribution in [3.05, 3.63) is 64.4 Å². The first-order valence-electron chi connectivity index (χ1n) is 6.78. The van der Waals surface area contributed by atoms with Gasteiger partial charge in [-0.25, -0.2) is 0 Å². The van der Waals surface area contributed by atoms with Crippen LogP contribution < -0.4 is 10.3 Å². The van der Waals surface area contributed by atoms with E-state index in [1.54, 1.807) is 24.3 Å². The van der Waals surface area contributed by atoms with Gasteiger partial charge in [0.15, 0.2) is 0 Å². The van der Waals surface area contributed by atoms with Crippen molar-refractivity contribution in [3.63, 3.8) is 0 Å². The van der Waals surface area contributed by atoms with Gasteiger partial charge < -0.3 is 9.72 Å². The van der Waals surface area contributed by atoms with E-state index in [-0.39, 0.29) is 5.56 Å². The number of benzene rings is 2. The number of hydrogen-bond donors (Lipinski definition) is 1. The Kier molecular flexibility index (Phi) is 3.60. The molecule has 0 spiro atoms. The molecule has 0 aliphatic carbocycles. The van der Waals surface area contributed by atoms with Crippen molar-refractivity contribution in [2.24, 2.45) is 0 Å². The van der Waals surface area contributed by atoms with E-state index in [1.807, 2.05) is 0 Å². The Labute approximate surface area is 129 Å². The summed E-state index contributed by atoms with van der Waals surface area (Å²) in [6.45, 7) is 0. The first kappa shape index (κ1) is 15.1. The van der Waals surface area contributed by atoms with E-state index in [2.05, 4.69) is 4.98 Å². The molecule has 0 unspecified atom stereocenters. The summed E-state index contributed by atoms with van der Waals surface area (Å²) >= 11 is 0. The van der Waals surface area contributed by atoms with Gasteiger partial charge in [-0.2, -0.15) is 13.2 Å². The van der Waals surface area contributed by atoms with Crippen molar-refractivity contribution in [1.82, 2.24) is 4.98 Å². The van der Waals surface area contributed by atoms with E-state index in [0.29, 0.717) is 27.8 Å². The second-order valence-corrected chi connectivity index (χ2v) is 5.01. The van der Waals surface area contributed by atoms with E-state index < -0.39 is 11.7 Å². The molecule has 3 aromatic rings. The number of alkyl halides is 3. The second kappa shape index (κ2) is 5.46. The number of aromatic nitrogens is 1. The van der Waals surface area contributed by atoms with Crippen LogP contribution in [0, 0.1) is 0 Å². The molecule has 0 bridgehead atoms. The number of halogens is 3. The normalized spacial score (nSPS) is 11.7. The van der Waals surface area contributed by atoms with Gasteiger partial charge in [-0.05, 0) is 35.9 Å². The molecule has 0 aliphatic heterocycles. The molecule has 0 amide bonds. The number of rotatable bonds is 2. The third kappa shape index (κ3) is 2.79. The van der Waals surface area contributed by atoms with Gasteiger partial charge in [-0.15, -0.1) is 0 Å². The summed E-state index contributed by atoms with van der Waals surface area (Å²) in [4.78, 5) is 14.9. The molecule has 0 atom stereocenters. The molecule has 3 nitrogen and oxygen atoms in total. The summed E-state index contributed by atoms with van der Waals surface area (Å²) in [5.74, 6) is 0.529. The predicted octanol–water partition coefficient (Wildman–Crippen LogP) is 4.22. The molecule has 23 heavy (non-hydrogen) atoms. The Balaban J connectivity index is 2.15. The summed E-state index contributed by atoms with van der Waals surface area (Å²) < 4.78 is 43.1. The van der Waals surface area contributed by atoms with Gasteiger partial charge in [0.05, 0.1) is 18.1 Å². The number of nitrogens with one attached hydrogen (secondary N) is 1. The monoisotopic (exact) mass is 319 g/mol. The molecule has 3 rings (SSSR count). The lowest BCUT2D eigenvalue weighted by Crippen LogP contribution is -2.08. The van der Waals surface area contributed by atoms with Crippen LogP contribution in [0.1, 0.15) is 5.56 Å². The van der Waals surface area contributed by atoms with Gasteiger partial charge in [0.25, 0.3) is 5.56 Å². The Morgan fingerprint density at radius 2 is 1.70 bits per heavy atom. The molecule has 6 heteroatoms. The maximum absolute atomic E-state index is 12.6. The molecule has 1 aromatic heterocycles. The molecule has 0 saturated carbocycles. The van der Waals surface area contributed by atoms with E-state index in [0.717, 1.165) is 12.1 Å². The summed E-state index contributed by atoms with van der Waals surface area (Å²) in [7, 11) is 1.49. The third-order valence-corrected chi connectivity index (χ3v) is 3.59. The van der Waals surface area contributed by atoms with E-state index in [1.165, 1.54) is 19.2 Å². The van der Waals surface area contributed by atoms with E-state index in [9.17, 15) is 18.0 Å². The molecule has 118 valence electrons. The number of H-pyrrole nitrogens is 1. The van der Waals surface area contributed by atoms with Gasteiger partial charge in [0.2, 0.25) is 0 Å². The highest BCUT2D eigenvalue weighted by molar-refractivity contribution is 5.90. The number of fused-ring (bicyclic) bond motifs is 1. The smallest absolute Gasteiger partial charge is 0.416 e. The van der Waals surface area contributed by atoms with E-state index >= 15 is 0 Å². The molecule has 0 fully saturated rings. The standard InChI is InChI=1S/C17H12F3NO2/c1-23-15-4-2-3-12-13(15)9-14(21-16(12)22)10-5-7-11(8-6-10)17(18,19)20/h2-9H,1H3,(H,21,22). The molecular formula is C17H12F3NO2. The number of aromatic amines is 1. The van der Waals surface area contributed by atoms with Gasteiger partial charge in [0, 0.05) is 11.1 Å². The van der Waals surface area contributed by atoms with Crippen LogP contribution in [0.15, 0.2) is 53.3 Å². The van der Waals surface area contributed by atoms with Crippen LogP contribution in [0.25, 0.3) is 22.0 Å². The maximum Gasteiger partial charge on any atom is 0.416 e. The van der Waals surface area contributed by atoms with Crippen LogP contribution in [0.2, 0.25) is 0 Å². The molecule has 1 heterocycles. The fraction of sp³-hybridized carbons (Fsp3) is 0.118. The van der Waals surface area contributed by atoms with Crippen LogP contribution in [0.3, 0.4) is 0 Å². The van der Waals surface area contributed by atoms with Crippen LogP contribution in [-0.2, 0) is 6.18 Å². The Bertz CT molecular complexity index is 912. The van der Waals surface area contributed by atoms with Crippen molar-refractivity contribution in [1.29, 1.82) is 0 Å². The summed E-state index contributed by atoms with van der Waals surface area (Å²) in [5, 5.41) is 1.06. The quantitative estimate of drug-likeness (QED) is 0.768. The molecule has 0 radical (unpaired) electrons. The Morgan fingerprint density at radius 3 is 2.30 bits per heavy atom. The van der Waals surface area contributed by atoms with Gasteiger partial charge in [-0.1, -0.05) is 18.2 Å². The highest BCUT2D eigenvalue weighted by Gasteiger charge is 2.30. The highest BCUT2D eigenvalue weighted by atomic mass is 19.4. The van der Waals surface area contributed by atoms with Crippen LogP contribution in [0.5, 0.6) is 5.75 Å². The van der Waals surface area contributed by atoms with Crippen molar-refractivity contribution >= 4 is 10.8 Å². The Hall–Kier alpha value is -2.76. The molecular weight excluding hydrogens is 307 g/mol. The fourth-order valence-corrected chi connectivity index (χ4v) is 2.43. The minimum atomic E-state index is -4.39. The van der Waals surface area contributed by atoms with Crippen LogP contribution in [-0.4, -0.2) is 12.1 Å². The number of ether oxygens (including phenoxy) is 1. The summed E-state index contributed by atoms with van der Waals surface area (Å²) in [6.07, 6.45) is -4.39. The van der Waals surface area contributed by atoms with E-state index in [4.69, 9.17) is 4.74 Å². The zero-order valence-electron chi connectivity index (χ0n) is 12.1. The number of pyridine rings is 1. The molecule has 0 saturated heterocycles. The number of methoxy groups -OCH3 is 1. The van der Waals surface area contributed by atoms with Gasteiger partial charge >= 0.3 is 6.18 Å². The summed E-state index contributed by atoms with van der Waals surface area (Å²) in [5.41, 5.74) is -0.137. The largest absolute Gasteiger partial charge is 0.496 e. The molecule has 1 N–H and O–H groups in total. The first-order valence-corrected chi connectivity index (χ1v) is 6.78. The lowest BCUT2D eigenvalue weighted by Gasteiger charge is -2.09. The zero-order valence-corrected chi connectivity index (χ0v) is 12.1. The molecule has 0 aliphatic rings. The fourth-order valence-electron chi connectivity index (χ4n) is 2.43. The zero-order chi connectivity index (χ0) is 16.6. The van der Waals surface area contributed by atoms with Crippen molar-refractivity contribution in [3.8, 4) is 17.0 Å². The highest BCUT2D eigenvalue weighted by Crippen LogP contribution is 2.31. The van der Waals surface area contributed by atoms with Gasteiger partial charge in [-0.3, -0.25) is 4.79 Å². The lowest BCUT2D eigenvalue weighted by molar-refractivity contribution is -0.137. The topological polar surface area (TPSA) is 42.1 Å². The maximum atomic E-state index is 12.6. The minimum Gasteiger partial charge on any atom is -0.496 e. The molecule has 2 aromatic carbocycles. The average Bonchev–Trinajstić information content (AvgIpc) is 2.53. The predicted molar refractivity (Wildman–Crippen MR) is 81.6 cm³/mol. The second-order valence-electron chi connectivity index (χ2n) is 5.01. The van der Waals surface area contributed by atoms with Crippen molar-refractivity contribution in [2.45, 2.75) is 6.18 Å². The van der Waals surface area contributed by atoms with Gasteiger partial charge in [0.1, 0.15) is 5.75 Å². The lowest BCUT2D eigenvalue weighted by atomic mass is 10.0. The van der Waals surface area contributed by atoms with Crippen LogP contribution >= 0.6 is 0 Å². The number of hydrogen-bond acceptors (Lipinski definition) is 2. The van der Waals surface area contributed by atoms with Crippen molar-refractivity contribution < 1.29 is 17.9 Å². The van der Waals surface area contributed by atoms with Crippen LogP contribution in [0.4, 0.5) is 13.2 Å². The average molecular weight is 319 g/mol. The van der Waals surface area contributed by atoms with Crippen molar-refractivity contribution in [2.75, 3.05) is 7.11 Å². The SMILES string of the molecule is COc1cccc2c(=O)[nH]c(-c3ccc(C(F)(F)F)cc3)cc12. The summed E-state index contributed by atoms with van der Waals surface area (Å²) in [6, 6.07) is 11.4.